The largest absolute Gasteiger partial charge is 0.493 e. The molecule has 0 heterocycles. The summed E-state index contributed by atoms with van der Waals surface area (Å²) in [6, 6.07) is 4.05. The normalized spacial score (nSPS) is 13.9. The fraction of sp³-hybridized carbons (Fsp3) is 0.625. The van der Waals surface area contributed by atoms with Crippen LogP contribution in [0.25, 0.3) is 0 Å². The maximum absolute atomic E-state index is 5.41. The summed E-state index contributed by atoms with van der Waals surface area (Å²) in [4.78, 5) is 0.327. The van der Waals surface area contributed by atoms with Crippen molar-refractivity contribution in [3.8, 4) is 11.5 Å². The average Bonchev–Trinajstić information content (AvgIpc) is 2.47. The van der Waals surface area contributed by atoms with Crippen molar-refractivity contribution in [1.82, 2.24) is 0 Å². The zero-order chi connectivity index (χ0) is 15.1. The van der Waals surface area contributed by atoms with E-state index in [9.17, 15) is 0 Å². The Kier molecular flexibility index (Phi) is 7.96. The fourth-order valence-corrected chi connectivity index (χ4v) is 4.25. The average molecular weight is 408 g/mol. The molecule has 0 spiro atoms. The SMILES string of the molecule is CCCCC(CC)C(Br)c1cc(OC)c(OC)cc1Br. The molecule has 0 radical (unpaired) electrons. The molecule has 0 aliphatic rings. The van der Waals surface area contributed by atoms with Crippen molar-refractivity contribution in [2.75, 3.05) is 14.2 Å². The molecule has 0 N–H and O–H groups in total. The summed E-state index contributed by atoms with van der Waals surface area (Å²) in [5, 5.41) is 0. The minimum absolute atomic E-state index is 0.327. The molecule has 0 fully saturated rings. The number of hydrogen-bond donors (Lipinski definition) is 0. The number of hydrogen-bond acceptors (Lipinski definition) is 2. The highest BCUT2D eigenvalue weighted by Crippen LogP contribution is 2.43. The van der Waals surface area contributed by atoms with E-state index in [0.717, 1.165) is 22.4 Å². The van der Waals surface area contributed by atoms with Crippen molar-refractivity contribution < 1.29 is 9.47 Å². The van der Waals surface area contributed by atoms with Gasteiger partial charge in [0.2, 0.25) is 0 Å². The monoisotopic (exact) mass is 406 g/mol. The summed E-state index contributed by atoms with van der Waals surface area (Å²) < 4.78 is 11.8. The van der Waals surface area contributed by atoms with E-state index in [0.29, 0.717) is 10.7 Å². The van der Waals surface area contributed by atoms with Gasteiger partial charge in [0.25, 0.3) is 0 Å². The van der Waals surface area contributed by atoms with Crippen LogP contribution in [-0.2, 0) is 0 Å². The summed E-state index contributed by atoms with van der Waals surface area (Å²) in [5.74, 6) is 2.16. The Bertz CT molecular complexity index is 421. The Balaban J connectivity index is 3.04. The first-order chi connectivity index (χ1) is 9.58. The van der Waals surface area contributed by atoms with Crippen molar-refractivity contribution >= 4 is 31.9 Å². The molecule has 0 aliphatic carbocycles. The van der Waals surface area contributed by atoms with Crippen molar-refractivity contribution in [1.29, 1.82) is 0 Å². The molecule has 0 aliphatic heterocycles. The van der Waals surface area contributed by atoms with Gasteiger partial charge in [0.05, 0.1) is 14.2 Å². The quantitative estimate of drug-likeness (QED) is 0.483. The Morgan fingerprint density at radius 3 is 2.20 bits per heavy atom. The van der Waals surface area contributed by atoms with E-state index in [2.05, 4.69) is 51.8 Å². The number of halogens is 2. The second-order valence-corrected chi connectivity index (χ2v) is 6.78. The summed E-state index contributed by atoms with van der Waals surface area (Å²) in [6.45, 7) is 4.49. The van der Waals surface area contributed by atoms with Crippen LogP contribution < -0.4 is 9.47 Å². The molecule has 0 bridgehead atoms. The lowest BCUT2D eigenvalue weighted by atomic mass is 9.91. The lowest BCUT2D eigenvalue weighted by molar-refractivity contribution is 0.353. The minimum Gasteiger partial charge on any atom is -0.493 e. The molecule has 1 aromatic rings. The molecule has 1 rings (SSSR count). The third-order valence-corrected chi connectivity index (χ3v) is 5.59. The Morgan fingerprint density at radius 2 is 1.70 bits per heavy atom. The van der Waals surface area contributed by atoms with Gasteiger partial charge in [0.1, 0.15) is 0 Å². The molecule has 20 heavy (non-hydrogen) atoms. The molecular formula is C16H24Br2O2. The molecule has 1 aromatic carbocycles. The maximum atomic E-state index is 5.41. The van der Waals surface area contributed by atoms with Crippen molar-refractivity contribution in [3.05, 3.63) is 22.2 Å². The predicted octanol–water partition coefficient (Wildman–Crippen LogP) is 6.12. The first kappa shape index (κ1) is 17.8. The van der Waals surface area contributed by atoms with Crippen molar-refractivity contribution in [3.63, 3.8) is 0 Å². The van der Waals surface area contributed by atoms with Crippen LogP contribution in [0.1, 0.15) is 49.9 Å². The number of unbranched alkanes of at least 4 members (excludes halogenated alkanes) is 1. The van der Waals surface area contributed by atoms with E-state index in [-0.39, 0.29) is 0 Å². The van der Waals surface area contributed by atoms with Crippen LogP contribution in [0.5, 0.6) is 11.5 Å². The van der Waals surface area contributed by atoms with Gasteiger partial charge in [-0.05, 0) is 30.0 Å². The van der Waals surface area contributed by atoms with Gasteiger partial charge < -0.3 is 9.47 Å². The molecule has 0 amide bonds. The van der Waals surface area contributed by atoms with E-state index in [1.54, 1.807) is 14.2 Å². The topological polar surface area (TPSA) is 18.5 Å². The molecule has 2 nitrogen and oxygen atoms in total. The second kappa shape index (κ2) is 8.93. The van der Waals surface area contributed by atoms with E-state index >= 15 is 0 Å². The summed E-state index contributed by atoms with van der Waals surface area (Å²) in [7, 11) is 3.33. The van der Waals surface area contributed by atoms with Crippen molar-refractivity contribution in [2.24, 2.45) is 5.92 Å². The van der Waals surface area contributed by atoms with E-state index in [1.807, 2.05) is 6.07 Å². The van der Waals surface area contributed by atoms with E-state index in [1.165, 1.54) is 24.8 Å². The van der Waals surface area contributed by atoms with Crippen LogP contribution in [0.15, 0.2) is 16.6 Å². The number of alkyl halides is 1. The predicted molar refractivity (Wildman–Crippen MR) is 92.2 cm³/mol. The third-order valence-electron chi connectivity index (χ3n) is 3.67. The maximum Gasteiger partial charge on any atom is 0.161 e. The second-order valence-electron chi connectivity index (χ2n) is 4.94. The molecule has 4 heteroatoms. The first-order valence-electron chi connectivity index (χ1n) is 7.14. The lowest BCUT2D eigenvalue weighted by Crippen LogP contribution is -2.08. The molecule has 2 unspecified atom stereocenters. The van der Waals surface area contributed by atoms with Gasteiger partial charge in [0.15, 0.2) is 11.5 Å². The number of methoxy groups -OCH3 is 2. The number of rotatable bonds is 8. The van der Waals surface area contributed by atoms with Crippen LogP contribution in [0.4, 0.5) is 0 Å². The van der Waals surface area contributed by atoms with Crippen LogP contribution in [0, 0.1) is 5.92 Å². The Morgan fingerprint density at radius 1 is 1.10 bits per heavy atom. The third kappa shape index (κ3) is 4.39. The molecule has 114 valence electrons. The number of ether oxygens (including phenoxy) is 2. The molecule has 0 saturated heterocycles. The fourth-order valence-electron chi connectivity index (χ4n) is 2.36. The summed E-state index contributed by atoms with van der Waals surface area (Å²) in [6.07, 6.45) is 4.91. The Hall–Kier alpha value is -0.220. The molecule has 0 saturated carbocycles. The van der Waals surface area contributed by atoms with Crippen molar-refractivity contribution in [2.45, 2.75) is 44.4 Å². The van der Waals surface area contributed by atoms with Gasteiger partial charge in [-0.25, -0.2) is 0 Å². The van der Waals surface area contributed by atoms with Gasteiger partial charge in [-0.2, -0.15) is 0 Å². The van der Waals surface area contributed by atoms with Gasteiger partial charge in [-0.15, -0.1) is 0 Å². The Labute approximate surface area is 139 Å². The zero-order valence-corrected chi connectivity index (χ0v) is 15.9. The van der Waals surface area contributed by atoms with E-state index < -0.39 is 0 Å². The van der Waals surface area contributed by atoms with Crippen LogP contribution in [0.2, 0.25) is 0 Å². The van der Waals surface area contributed by atoms with E-state index in [4.69, 9.17) is 9.47 Å². The van der Waals surface area contributed by atoms with Crippen LogP contribution in [0.3, 0.4) is 0 Å². The minimum atomic E-state index is 0.327. The van der Waals surface area contributed by atoms with Gasteiger partial charge in [0, 0.05) is 9.30 Å². The summed E-state index contributed by atoms with van der Waals surface area (Å²) in [5.41, 5.74) is 1.23. The van der Waals surface area contributed by atoms with Gasteiger partial charge >= 0.3 is 0 Å². The standard InChI is InChI=1S/C16H24Br2O2/c1-5-7-8-11(6-2)16(18)12-9-14(19-3)15(20-4)10-13(12)17/h9-11,16H,5-8H2,1-4H3. The summed E-state index contributed by atoms with van der Waals surface area (Å²) >= 11 is 7.53. The first-order valence-corrected chi connectivity index (χ1v) is 8.85. The van der Waals surface area contributed by atoms with Crippen LogP contribution in [-0.4, -0.2) is 14.2 Å². The number of benzene rings is 1. The zero-order valence-electron chi connectivity index (χ0n) is 12.7. The highest BCUT2D eigenvalue weighted by atomic mass is 79.9. The highest BCUT2D eigenvalue weighted by Gasteiger charge is 2.22. The van der Waals surface area contributed by atoms with Crippen LogP contribution >= 0.6 is 31.9 Å². The smallest absolute Gasteiger partial charge is 0.161 e. The molecule has 0 aromatic heterocycles. The van der Waals surface area contributed by atoms with Gasteiger partial charge in [-0.1, -0.05) is 65.0 Å². The van der Waals surface area contributed by atoms with Gasteiger partial charge in [-0.3, -0.25) is 0 Å². The highest BCUT2D eigenvalue weighted by molar-refractivity contribution is 9.11. The lowest BCUT2D eigenvalue weighted by Gasteiger charge is -2.23. The molecule has 2 atom stereocenters. The molecular weight excluding hydrogens is 384 g/mol.